The molecule has 0 bridgehead atoms. The number of hydrogen-bond acceptors (Lipinski definition) is 6. The molecule has 6 nitrogen and oxygen atoms in total. The molecule has 0 aromatic heterocycles. The van der Waals surface area contributed by atoms with Crippen LogP contribution >= 0.6 is 0 Å². The second kappa shape index (κ2) is 11.1. The van der Waals surface area contributed by atoms with Crippen LogP contribution in [0, 0.1) is 0 Å². The van der Waals surface area contributed by atoms with Crippen molar-refractivity contribution in [2.24, 2.45) is 0 Å². The Hall–Kier alpha value is -2.58. The minimum Gasteiger partial charge on any atom is -0.380 e. The molecule has 1 fully saturated rings. The van der Waals surface area contributed by atoms with Gasteiger partial charge in [0.1, 0.15) is 5.75 Å². The maximum absolute atomic E-state index is 13.5. The Bertz CT molecular complexity index is 1250. The van der Waals surface area contributed by atoms with Gasteiger partial charge in [0, 0.05) is 31.4 Å². The molecule has 0 unspecified atom stereocenters. The van der Waals surface area contributed by atoms with Crippen LogP contribution in [-0.4, -0.2) is 74.8 Å². The summed E-state index contributed by atoms with van der Waals surface area (Å²) in [5.74, 6) is -0.568. The molecule has 39 heavy (non-hydrogen) atoms. The number of benzene rings is 2. The second-order valence-corrected chi connectivity index (χ2v) is 11.4. The third-order valence-corrected chi connectivity index (χ3v) is 7.81. The predicted octanol–water partition coefficient (Wildman–Crippen LogP) is 5.27. The third kappa shape index (κ3) is 6.95. The first-order chi connectivity index (χ1) is 18.2. The Morgan fingerprint density at radius 3 is 2.28 bits per heavy atom. The van der Waals surface area contributed by atoms with E-state index >= 15 is 0 Å². The highest BCUT2D eigenvalue weighted by molar-refractivity contribution is 7.88. The number of anilines is 1. The van der Waals surface area contributed by atoms with Crippen LogP contribution in [0.2, 0.25) is 0 Å². The topological polar surface area (TPSA) is 61.9 Å². The van der Waals surface area contributed by atoms with Crippen molar-refractivity contribution < 1.29 is 43.3 Å². The van der Waals surface area contributed by atoms with Crippen LogP contribution in [0.3, 0.4) is 0 Å². The quantitative estimate of drug-likeness (QED) is 0.247. The van der Waals surface area contributed by atoms with Gasteiger partial charge in [0.05, 0.1) is 25.3 Å². The van der Waals surface area contributed by atoms with Crippen molar-refractivity contribution in [3.05, 3.63) is 59.2 Å². The fourth-order valence-corrected chi connectivity index (χ4v) is 5.52. The molecule has 2 aromatic rings. The molecule has 4 rings (SSSR count). The van der Waals surface area contributed by atoms with Crippen LogP contribution < -0.4 is 9.50 Å². The molecule has 2 aromatic carbocycles. The van der Waals surface area contributed by atoms with Crippen molar-refractivity contribution in [3.8, 4) is 5.75 Å². The lowest BCUT2D eigenvalue weighted by atomic mass is 9.85. The number of halogens is 7. The average Bonchev–Trinajstić information content (AvgIpc) is 2.80. The van der Waals surface area contributed by atoms with E-state index in [-0.39, 0.29) is 19.1 Å². The standard InChI is InChI=1S/C25H28F7N3O3S/c1-16-11-18-12-21(38-39(36,37)25(30,31)32)7-8-22(18)23(35(16)15-24(27,28)29)17-3-5-19(6-4-17)33-20-13-34(14-20)10-2-9-26/h3-8,12,16,20,23,33H,2,9-11,13-15H2,1H3/t16-,23-/m1/s1. The lowest BCUT2D eigenvalue weighted by Crippen LogP contribution is -2.54. The maximum Gasteiger partial charge on any atom is 0.534 e. The first-order valence-electron chi connectivity index (χ1n) is 12.3. The van der Waals surface area contributed by atoms with Crippen molar-refractivity contribution in [2.75, 3.05) is 38.2 Å². The molecule has 216 valence electrons. The van der Waals surface area contributed by atoms with Crippen LogP contribution in [0.25, 0.3) is 0 Å². The highest BCUT2D eigenvalue weighted by Crippen LogP contribution is 2.41. The van der Waals surface area contributed by atoms with E-state index in [0.29, 0.717) is 29.7 Å². The van der Waals surface area contributed by atoms with Crippen LogP contribution in [0.1, 0.15) is 36.1 Å². The molecule has 0 radical (unpaired) electrons. The largest absolute Gasteiger partial charge is 0.534 e. The molecule has 0 spiro atoms. The number of likely N-dealkylation sites (tertiary alicyclic amines) is 1. The Balaban J connectivity index is 1.59. The zero-order valence-electron chi connectivity index (χ0n) is 20.9. The van der Waals surface area contributed by atoms with Crippen molar-refractivity contribution in [1.82, 2.24) is 9.80 Å². The fourth-order valence-electron chi connectivity index (χ4n) is 5.07. The summed E-state index contributed by atoms with van der Waals surface area (Å²) in [7, 11) is -5.90. The zero-order valence-corrected chi connectivity index (χ0v) is 21.7. The van der Waals surface area contributed by atoms with Gasteiger partial charge in [0.15, 0.2) is 0 Å². The Morgan fingerprint density at radius 1 is 1.03 bits per heavy atom. The van der Waals surface area contributed by atoms with E-state index in [2.05, 4.69) is 14.4 Å². The number of nitrogens with one attached hydrogen (secondary N) is 1. The van der Waals surface area contributed by atoms with Gasteiger partial charge in [-0.15, -0.1) is 0 Å². The lowest BCUT2D eigenvalue weighted by molar-refractivity contribution is -0.155. The van der Waals surface area contributed by atoms with Crippen LogP contribution in [0.4, 0.5) is 36.4 Å². The van der Waals surface area contributed by atoms with Crippen molar-refractivity contribution in [1.29, 1.82) is 0 Å². The van der Waals surface area contributed by atoms with Gasteiger partial charge >= 0.3 is 21.8 Å². The SMILES string of the molecule is C[C@@H]1Cc2cc(OS(=O)(=O)C(F)(F)F)ccc2[C@@H](c2ccc(NC3CN(CCCF)C3)cc2)N1CC(F)(F)F. The van der Waals surface area contributed by atoms with Crippen LogP contribution in [-0.2, 0) is 16.5 Å². The Morgan fingerprint density at radius 2 is 1.69 bits per heavy atom. The number of nitrogens with zero attached hydrogens (tertiary/aromatic N) is 2. The Kier molecular flexibility index (Phi) is 8.39. The molecular weight excluding hydrogens is 555 g/mol. The number of rotatable bonds is 9. The highest BCUT2D eigenvalue weighted by Gasteiger charge is 2.49. The summed E-state index contributed by atoms with van der Waals surface area (Å²) in [6.07, 6.45) is -3.98. The van der Waals surface area contributed by atoms with Gasteiger partial charge in [-0.3, -0.25) is 14.2 Å². The molecule has 2 aliphatic rings. The van der Waals surface area contributed by atoms with Gasteiger partial charge in [-0.1, -0.05) is 18.2 Å². The molecular formula is C25H28F7N3O3S. The van der Waals surface area contributed by atoms with E-state index < -0.39 is 46.2 Å². The highest BCUT2D eigenvalue weighted by atomic mass is 32.2. The summed E-state index contributed by atoms with van der Waals surface area (Å²) in [6, 6.07) is 8.95. The summed E-state index contributed by atoms with van der Waals surface area (Å²) in [5.41, 5.74) is -3.51. The molecule has 0 saturated carbocycles. The zero-order chi connectivity index (χ0) is 28.6. The average molecular weight is 584 g/mol. The number of fused-ring (bicyclic) bond motifs is 1. The van der Waals surface area contributed by atoms with Gasteiger partial charge in [-0.2, -0.15) is 34.8 Å². The number of hydrogen-bond donors (Lipinski definition) is 1. The molecule has 2 aliphatic heterocycles. The molecule has 1 saturated heterocycles. The number of alkyl halides is 7. The van der Waals surface area contributed by atoms with Gasteiger partial charge in [-0.25, -0.2) is 0 Å². The minimum atomic E-state index is -5.90. The lowest BCUT2D eigenvalue weighted by Gasteiger charge is -2.43. The first-order valence-corrected chi connectivity index (χ1v) is 13.7. The van der Waals surface area contributed by atoms with Crippen molar-refractivity contribution in [3.63, 3.8) is 0 Å². The van der Waals surface area contributed by atoms with E-state index in [1.165, 1.54) is 11.0 Å². The smallest absolute Gasteiger partial charge is 0.380 e. The minimum absolute atomic E-state index is 0.0470. The first kappa shape index (κ1) is 29.4. The Labute approximate surface area is 221 Å². The van der Waals surface area contributed by atoms with Gasteiger partial charge in [-0.05, 0) is 60.7 Å². The second-order valence-electron chi connectivity index (χ2n) is 9.85. The summed E-state index contributed by atoms with van der Waals surface area (Å²) < 4.78 is 118. The van der Waals surface area contributed by atoms with Gasteiger partial charge < -0.3 is 9.50 Å². The van der Waals surface area contributed by atoms with Gasteiger partial charge in [0.25, 0.3) is 0 Å². The third-order valence-electron chi connectivity index (χ3n) is 6.84. The monoisotopic (exact) mass is 583 g/mol. The fraction of sp³-hybridized carbons (Fsp3) is 0.520. The molecule has 1 N–H and O–H groups in total. The molecule has 2 heterocycles. The van der Waals surface area contributed by atoms with Crippen LogP contribution in [0.5, 0.6) is 5.75 Å². The molecule has 2 atom stereocenters. The molecule has 0 aliphatic carbocycles. The van der Waals surface area contributed by atoms with E-state index in [9.17, 15) is 39.2 Å². The summed E-state index contributed by atoms with van der Waals surface area (Å²) >= 11 is 0. The predicted molar refractivity (Wildman–Crippen MR) is 131 cm³/mol. The van der Waals surface area contributed by atoms with Crippen molar-refractivity contribution >= 4 is 15.8 Å². The maximum atomic E-state index is 13.5. The molecule has 0 amide bonds. The molecule has 14 heteroatoms. The van der Waals surface area contributed by atoms with Crippen molar-refractivity contribution in [2.45, 2.75) is 49.6 Å². The van der Waals surface area contributed by atoms with Gasteiger partial charge in [0.2, 0.25) is 0 Å². The van der Waals surface area contributed by atoms with Crippen LogP contribution in [0.15, 0.2) is 42.5 Å². The summed E-state index contributed by atoms with van der Waals surface area (Å²) in [6.45, 7) is 2.17. The van der Waals surface area contributed by atoms with E-state index in [4.69, 9.17) is 0 Å². The normalized spacial score (nSPS) is 21.3. The summed E-state index contributed by atoms with van der Waals surface area (Å²) in [4.78, 5) is 3.38. The van der Waals surface area contributed by atoms with E-state index in [1.54, 1.807) is 31.2 Å². The van der Waals surface area contributed by atoms with E-state index in [1.807, 2.05) is 0 Å². The van der Waals surface area contributed by atoms with E-state index in [0.717, 1.165) is 30.9 Å². The summed E-state index contributed by atoms with van der Waals surface area (Å²) in [5, 5.41) is 3.34.